The van der Waals surface area contributed by atoms with Gasteiger partial charge in [-0.25, -0.2) is 8.78 Å². The zero-order valence-electron chi connectivity index (χ0n) is 13.7. The van der Waals surface area contributed by atoms with Crippen molar-refractivity contribution in [2.45, 2.75) is 18.9 Å². The number of amides is 1. The highest BCUT2D eigenvalue weighted by Gasteiger charge is 2.18. The van der Waals surface area contributed by atoms with Crippen LogP contribution in [0.25, 0.3) is 0 Å². The maximum atomic E-state index is 14.3. The number of anilines is 1. The van der Waals surface area contributed by atoms with Crippen LogP contribution in [0.4, 0.5) is 14.5 Å². The Bertz CT molecular complexity index is 761. The molecular formula is C19H20F2N2O2. The van der Waals surface area contributed by atoms with E-state index in [-0.39, 0.29) is 12.1 Å². The molecule has 0 spiro atoms. The number of nitrogens with zero attached hydrogens (tertiary/aromatic N) is 1. The van der Waals surface area contributed by atoms with Crippen LogP contribution in [0.3, 0.4) is 0 Å². The molecule has 4 nitrogen and oxygen atoms in total. The molecule has 1 saturated heterocycles. The van der Waals surface area contributed by atoms with Crippen molar-refractivity contribution in [3.63, 3.8) is 0 Å². The van der Waals surface area contributed by atoms with Crippen LogP contribution in [0.15, 0.2) is 42.5 Å². The van der Waals surface area contributed by atoms with Gasteiger partial charge in [0.25, 0.3) is 5.91 Å². The Morgan fingerprint density at radius 2 is 1.92 bits per heavy atom. The van der Waals surface area contributed by atoms with E-state index in [0.29, 0.717) is 11.3 Å². The fraction of sp³-hybridized carbons (Fsp3) is 0.316. The predicted octanol–water partition coefficient (Wildman–Crippen LogP) is 3.03. The van der Waals surface area contributed by atoms with Crippen LogP contribution in [0.2, 0.25) is 0 Å². The number of benzene rings is 2. The molecule has 1 amide bonds. The molecule has 1 aliphatic heterocycles. The molecule has 2 aromatic carbocycles. The molecule has 1 aliphatic rings. The van der Waals surface area contributed by atoms with E-state index in [1.54, 1.807) is 18.2 Å². The van der Waals surface area contributed by atoms with Gasteiger partial charge in [0, 0.05) is 25.2 Å². The van der Waals surface area contributed by atoms with Crippen LogP contribution in [0.1, 0.15) is 34.9 Å². The zero-order chi connectivity index (χ0) is 17.8. The van der Waals surface area contributed by atoms with Crippen LogP contribution in [-0.4, -0.2) is 30.6 Å². The van der Waals surface area contributed by atoms with Gasteiger partial charge < -0.3 is 15.3 Å². The molecule has 2 aromatic rings. The van der Waals surface area contributed by atoms with Crippen molar-refractivity contribution in [2.75, 3.05) is 24.5 Å². The molecule has 0 aliphatic carbocycles. The Morgan fingerprint density at radius 1 is 1.16 bits per heavy atom. The third-order valence-corrected chi connectivity index (χ3v) is 4.35. The van der Waals surface area contributed by atoms with Crippen molar-refractivity contribution in [2.24, 2.45) is 0 Å². The van der Waals surface area contributed by atoms with Gasteiger partial charge in [-0.1, -0.05) is 12.1 Å². The summed E-state index contributed by atoms with van der Waals surface area (Å²) in [5.41, 5.74) is 1.07. The van der Waals surface area contributed by atoms with Gasteiger partial charge >= 0.3 is 0 Å². The summed E-state index contributed by atoms with van der Waals surface area (Å²) < 4.78 is 27.4. The summed E-state index contributed by atoms with van der Waals surface area (Å²) in [5.74, 6) is -1.37. The number of rotatable bonds is 5. The summed E-state index contributed by atoms with van der Waals surface area (Å²) in [6, 6.07) is 9.93. The van der Waals surface area contributed by atoms with E-state index in [4.69, 9.17) is 0 Å². The number of hydrogen-bond donors (Lipinski definition) is 2. The quantitative estimate of drug-likeness (QED) is 0.875. The standard InChI is InChI=1S/C19H20F2N2O2/c20-15-5-3-4-13(10-15)18(24)12-22-19(25)14-6-7-17(16(21)11-14)23-8-1-2-9-23/h3-7,10-11,18,24H,1-2,8-9,12H2,(H,22,25). The molecular weight excluding hydrogens is 326 g/mol. The Morgan fingerprint density at radius 3 is 2.60 bits per heavy atom. The van der Waals surface area contributed by atoms with Gasteiger partial charge in [-0.05, 0) is 48.7 Å². The Balaban J connectivity index is 1.62. The lowest BCUT2D eigenvalue weighted by Crippen LogP contribution is -2.28. The van der Waals surface area contributed by atoms with Crippen LogP contribution in [0, 0.1) is 11.6 Å². The summed E-state index contributed by atoms with van der Waals surface area (Å²) >= 11 is 0. The second kappa shape index (κ2) is 7.61. The van der Waals surface area contributed by atoms with Crippen LogP contribution < -0.4 is 10.2 Å². The van der Waals surface area contributed by atoms with Crippen LogP contribution in [0.5, 0.6) is 0 Å². The summed E-state index contributed by atoms with van der Waals surface area (Å²) in [6.07, 6.45) is 1.05. The first-order valence-corrected chi connectivity index (χ1v) is 8.31. The summed E-state index contributed by atoms with van der Waals surface area (Å²) in [4.78, 5) is 14.1. The number of aliphatic hydroxyl groups excluding tert-OH is 1. The fourth-order valence-electron chi connectivity index (χ4n) is 2.99. The Kier molecular flexibility index (Phi) is 5.28. The first-order chi connectivity index (χ1) is 12.0. The molecule has 2 N–H and O–H groups in total. The van der Waals surface area contributed by atoms with E-state index in [0.717, 1.165) is 25.9 Å². The van der Waals surface area contributed by atoms with Crippen LogP contribution in [-0.2, 0) is 0 Å². The van der Waals surface area contributed by atoms with E-state index in [1.807, 2.05) is 4.90 Å². The molecule has 0 aromatic heterocycles. The molecule has 1 heterocycles. The molecule has 3 rings (SSSR count). The fourth-order valence-corrected chi connectivity index (χ4v) is 2.99. The lowest BCUT2D eigenvalue weighted by Gasteiger charge is -2.19. The number of hydrogen-bond acceptors (Lipinski definition) is 3. The van der Waals surface area contributed by atoms with E-state index in [1.165, 1.54) is 24.3 Å². The number of halogens is 2. The highest BCUT2D eigenvalue weighted by molar-refractivity contribution is 5.94. The molecule has 1 atom stereocenters. The van der Waals surface area contributed by atoms with Gasteiger partial charge in [-0.15, -0.1) is 0 Å². The average Bonchev–Trinajstić information content (AvgIpc) is 3.13. The van der Waals surface area contributed by atoms with E-state index in [9.17, 15) is 18.7 Å². The van der Waals surface area contributed by atoms with E-state index < -0.39 is 23.6 Å². The van der Waals surface area contributed by atoms with Gasteiger partial charge in [0.2, 0.25) is 0 Å². The van der Waals surface area contributed by atoms with Gasteiger partial charge in [0.15, 0.2) is 0 Å². The second-order valence-corrected chi connectivity index (χ2v) is 6.14. The van der Waals surface area contributed by atoms with Crippen LogP contribution >= 0.6 is 0 Å². The Hall–Kier alpha value is -2.47. The summed E-state index contributed by atoms with van der Waals surface area (Å²) in [7, 11) is 0. The molecule has 0 radical (unpaired) electrons. The van der Waals surface area contributed by atoms with Gasteiger partial charge in [0.1, 0.15) is 11.6 Å². The molecule has 25 heavy (non-hydrogen) atoms. The Labute approximate surface area is 145 Å². The monoisotopic (exact) mass is 346 g/mol. The number of aliphatic hydroxyl groups is 1. The second-order valence-electron chi connectivity index (χ2n) is 6.14. The van der Waals surface area contributed by atoms with Crippen molar-refractivity contribution in [1.29, 1.82) is 0 Å². The summed E-state index contributed by atoms with van der Waals surface area (Å²) in [5, 5.41) is 12.6. The SMILES string of the molecule is O=C(NCC(O)c1cccc(F)c1)c1ccc(N2CCCC2)c(F)c1. The zero-order valence-corrected chi connectivity index (χ0v) is 13.7. The minimum absolute atomic E-state index is 0.0855. The lowest BCUT2D eigenvalue weighted by atomic mass is 10.1. The lowest BCUT2D eigenvalue weighted by molar-refractivity contribution is 0.0916. The van der Waals surface area contributed by atoms with Crippen molar-refractivity contribution in [3.8, 4) is 0 Å². The highest BCUT2D eigenvalue weighted by atomic mass is 19.1. The maximum absolute atomic E-state index is 14.3. The minimum atomic E-state index is -1.03. The molecule has 0 saturated carbocycles. The van der Waals surface area contributed by atoms with Gasteiger partial charge in [-0.2, -0.15) is 0 Å². The van der Waals surface area contributed by atoms with E-state index in [2.05, 4.69) is 5.32 Å². The molecule has 0 bridgehead atoms. The minimum Gasteiger partial charge on any atom is -0.387 e. The van der Waals surface area contributed by atoms with Crippen molar-refractivity contribution in [3.05, 3.63) is 65.2 Å². The first kappa shape index (κ1) is 17.4. The summed E-state index contributed by atoms with van der Waals surface area (Å²) in [6.45, 7) is 1.56. The van der Waals surface area contributed by atoms with Crippen molar-refractivity contribution in [1.82, 2.24) is 5.32 Å². The molecule has 1 unspecified atom stereocenters. The highest BCUT2D eigenvalue weighted by Crippen LogP contribution is 2.24. The predicted molar refractivity (Wildman–Crippen MR) is 91.5 cm³/mol. The average molecular weight is 346 g/mol. The topological polar surface area (TPSA) is 52.6 Å². The smallest absolute Gasteiger partial charge is 0.251 e. The van der Waals surface area contributed by atoms with Gasteiger partial charge in [0.05, 0.1) is 11.8 Å². The van der Waals surface area contributed by atoms with Crippen molar-refractivity contribution >= 4 is 11.6 Å². The molecule has 132 valence electrons. The van der Waals surface area contributed by atoms with Crippen molar-refractivity contribution < 1.29 is 18.7 Å². The number of carbonyl (C=O) groups is 1. The number of nitrogens with one attached hydrogen (secondary N) is 1. The molecule has 1 fully saturated rings. The largest absolute Gasteiger partial charge is 0.387 e. The number of carbonyl (C=O) groups excluding carboxylic acids is 1. The first-order valence-electron chi connectivity index (χ1n) is 8.31. The normalized spacial score (nSPS) is 15.2. The van der Waals surface area contributed by atoms with E-state index >= 15 is 0 Å². The third kappa shape index (κ3) is 4.14. The molecule has 6 heteroatoms. The maximum Gasteiger partial charge on any atom is 0.251 e. The third-order valence-electron chi connectivity index (χ3n) is 4.35. The van der Waals surface area contributed by atoms with Gasteiger partial charge in [-0.3, -0.25) is 4.79 Å².